The van der Waals surface area contributed by atoms with E-state index in [1.165, 1.54) is 47.2 Å². The van der Waals surface area contributed by atoms with Crippen LogP contribution in [-0.4, -0.2) is 30.8 Å². The molecular formula is C20H16ClNO5S. The zero-order valence-electron chi connectivity index (χ0n) is 14.5. The van der Waals surface area contributed by atoms with Gasteiger partial charge in [-0.15, -0.1) is 0 Å². The number of halogens is 1. The van der Waals surface area contributed by atoms with Gasteiger partial charge < -0.3 is 14.4 Å². The topological polar surface area (TPSA) is 85.6 Å². The molecule has 0 radical (unpaired) electrons. The van der Waals surface area contributed by atoms with Crippen molar-refractivity contribution >= 4 is 21.4 Å². The van der Waals surface area contributed by atoms with Gasteiger partial charge in [-0.1, -0.05) is 29.8 Å². The average Bonchev–Trinajstić information content (AvgIpc) is 2.70. The van der Waals surface area contributed by atoms with Crippen LogP contribution in [0.4, 0.5) is 0 Å². The van der Waals surface area contributed by atoms with Gasteiger partial charge in [0.2, 0.25) is 9.84 Å². The van der Waals surface area contributed by atoms with Crippen LogP contribution in [0.5, 0.6) is 5.75 Å². The molecule has 0 saturated heterocycles. The first-order chi connectivity index (χ1) is 13.4. The Balaban J connectivity index is 1.89. The first-order valence-corrected chi connectivity index (χ1v) is 10.4. The molecule has 0 saturated carbocycles. The zero-order valence-corrected chi connectivity index (χ0v) is 16.1. The molecule has 8 heteroatoms. The highest BCUT2D eigenvalue weighted by molar-refractivity contribution is 7.91. The molecule has 1 aliphatic heterocycles. The van der Waals surface area contributed by atoms with Crippen LogP contribution in [0.15, 0.2) is 81.4 Å². The second kappa shape index (κ2) is 7.09. The Morgan fingerprint density at radius 1 is 1.04 bits per heavy atom. The smallest absolute Gasteiger partial charge is 0.251 e. The highest BCUT2D eigenvalue weighted by Gasteiger charge is 2.33. The Hall–Kier alpha value is -2.61. The van der Waals surface area contributed by atoms with Crippen molar-refractivity contribution in [3.05, 3.63) is 87.8 Å². The van der Waals surface area contributed by atoms with E-state index >= 15 is 0 Å². The normalized spacial score (nSPS) is 18.9. The van der Waals surface area contributed by atoms with Gasteiger partial charge in [0, 0.05) is 17.8 Å². The number of fused-ring (bicyclic) bond motifs is 1. The fourth-order valence-corrected chi connectivity index (χ4v) is 4.78. The maximum atomic E-state index is 13.0. The fraction of sp³-hybridized carbons (Fsp3) is 0.150. The third-order valence-corrected chi connectivity index (χ3v) is 6.63. The van der Waals surface area contributed by atoms with Crippen LogP contribution in [0, 0.1) is 0 Å². The number of sulfone groups is 1. The van der Waals surface area contributed by atoms with Crippen LogP contribution in [0.25, 0.3) is 0 Å². The molecule has 6 nitrogen and oxygen atoms in total. The summed E-state index contributed by atoms with van der Waals surface area (Å²) >= 11 is 6.03. The van der Waals surface area contributed by atoms with E-state index in [1.807, 2.05) is 0 Å². The number of nitrogens with zero attached hydrogens (tertiary/aromatic N) is 1. The molecule has 4 rings (SSSR count). The highest BCUT2D eigenvalue weighted by atomic mass is 35.5. The number of aliphatic hydroxyl groups is 1. The quantitative estimate of drug-likeness (QED) is 0.708. The molecule has 1 aromatic heterocycles. The van der Waals surface area contributed by atoms with Gasteiger partial charge in [0.1, 0.15) is 18.5 Å². The zero-order chi connectivity index (χ0) is 19.9. The molecule has 0 bridgehead atoms. The molecule has 3 aromatic rings. The number of rotatable bonds is 3. The Morgan fingerprint density at radius 2 is 1.79 bits per heavy atom. The SMILES string of the molecule is O=c1ccc(Cl)cn1[C@@H]1c2cc(S(=O)(=O)c3ccccc3)ccc2OC[C@H]1O. The van der Waals surface area contributed by atoms with E-state index in [4.69, 9.17) is 16.3 Å². The van der Waals surface area contributed by atoms with Crippen molar-refractivity contribution in [3.8, 4) is 5.75 Å². The summed E-state index contributed by atoms with van der Waals surface area (Å²) in [6, 6.07) is 14.4. The molecule has 2 heterocycles. The van der Waals surface area contributed by atoms with Crippen LogP contribution < -0.4 is 10.3 Å². The average molecular weight is 418 g/mol. The van der Waals surface area contributed by atoms with E-state index in [0.29, 0.717) is 16.3 Å². The Morgan fingerprint density at radius 3 is 2.54 bits per heavy atom. The van der Waals surface area contributed by atoms with E-state index in [1.54, 1.807) is 24.3 Å². The van der Waals surface area contributed by atoms with Crippen molar-refractivity contribution in [2.75, 3.05) is 6.61 Å². The molecule has 0 spiro atoms. The largest absolute Gasteiger partial charge is 0.490 e. The predicted molar refractivity (Wildman–Crippen MR) is 104 cm³/mol. The Kier molecular flexibility index (Phi) is 4.74. The first-order valence-electron chi connectivity index (χ1n) is 8.50. The number of aliphatic hydroxyl groups excluding tert-OH is 1. The van der Waals surface area contributed by atoms with Crippen LogP contribution in [0.3, 0.4) is 0 Å². The van der Waals surface area contributed by atoms with Gasteiger partial charge in [-0.05, 0) is 36.4 Å². The van der Waals surface area contributed by atoms with E-state index in [0.717, 1.165) is 0 Å². The minimum absolute atomic E-state index is 0.0264. The van der Waals surface area contributed by atoms with Gasteiger partial charge in [0.15, 0.2) is 0 Å². The summed E-state index contributed by atoms with van der Waals surface area (Å²) in [4.78, 5) is 12.6. The second-order valence-corrected chi connectivity index (χ2v) is 8.82. The number of aromatic nitrogens is 1. The third-order valence-electron chi connectivity index (χ3n) is 4.64. The van der Waals surface area contributed by atoms with Crippen molar-refractivity contribution in [2.24, 2.45) is 0 Å². The van der Waals surface area contributed by atoms with Crippen LogP contribution in [-0.2, 0) is 9.84 Å². The minimum atomic E-state index is -3.76. The van der Waals surface area contributed by atoms with Crippen LogP contribution >= 0.6 is 11.6 Å². The van der Waals surface area contributed by atoms with Gasteiger partial charge >= 0.3 is 0 Å². The molecule has 1 N–H and O–H groups in total. The number of benzene rings is 2. The van der Waals surface area contributed by atoms with Crippen molar-refractivity contribution in [1.29, 1.82) is 0 Å². The van der Waals surface area contributed by atoms with Gasteiger partial charge in [0.25, 0.3) is 5.56 Å². The summed E-state index contributed by atoms with van der Waals surface area (Å²) in [5, 5.41) is 10.8. The molecule has 144 valence electrons. The lowest BCUT2D eigenvalue weighted by Gasteiger charge is -2.32. The van der Waals surface area contributed by atoms with E-state index in [9.17, 15) is 18.3 Å². The van der Waals surface area contributed by atoms with Gasteiger partial charge in [-0.2, -0.15) is 0 Å². The Bertz CT molecular complexity index is 1190. The number of hydrogen-bond donors (Lipinski definition) is 1. The van der Waals surface area contributed by atoms with Crippen molar-refractivity contribution in [3.63, 3.8) is 0 Å². The van der Waals surface area contributed by atoms with Gasteiger partial charge in [-0.25, -0.2) is 8.42 Å². The van der Waals surface area contributed by atoms with E-state index < -0.39 is 22.0 Å². The Labute approximate surface area is 166 Å². The number of pyridine rings is 1. The van der Waals surface area contributed by atoms with Gasteiger partial charge in [0.05, 0.1) is 20.9 Å². The lowest BCUT2D eigenvalue weighted by Crippen LogP contribution is -2.39. The van der Waals surface area contributed by atoms with E-state index in [-0.39, 0.29) is 22.0 Å². The van der Waals surface area contributed by atoms with Crippen molar-refractivity contribution in [1.82, 2.24) is 4.57 Å². The molecule has 0 fully saturated rings. The first kappa shape index (κ1) is 18.7. The summed E-state index contributed by atoms with van der Waals surface area (Å²) < 4.78 is 32.8. The summed E-state index contributed by atoms with van der Waals surface area (Å²) in [5.74, 6) is 0.411. The van der Waals surface area contributed by atoms with Gasteiger partial charge in [-0.3, -0.25) is 4.79 Å². The highest BCUT2D eigenvalue weighted by Crippen LogP contribution is 2.37. The lowest BCUT2D eigenvalue weighted by atomic mass is 9.98. The molecule has 2 atom stereocenters. The molecular weight excluding hydrogens is 402 g/mol. The molecule has 1 aliphatic rings. The van der Waals surface area contributed by atoms with Crippen molar-refractivity contribution < 1.29 is 18.3 Å². The van der Waals surface area contributed by atoms with Crippen LogP contribution in [0.1, 0.15) is 11.6 Å². The fourth-order valence-electron chi connectivity index (χ4n) is 3.29. The maximum Gasteiger partial charge on any atom is 0.251 e. The molecule has 28 heavy (non-hydrogen) atoms. The summed E-state index contributed by atoms with van der Waals surface area (Å²) in [6.07, 6.45) is 0.379. The molecule has 0 amide bonds. The molecule has 0 unspecified atom stereocenters. The third kappa shape index (κ3) is 3.22. The molecule has 2 aromatic carbocycles. The summed E-state index contributed by atoms with van der Waals surface area (Å²) in [7, 11) is -3.76. The number of ether oxygens (including phenoxy) is 1. The van der Waals surface area contributed by atoms with Crippen LogP contribution in [0.2, 0.25) is 5.02 Å². The lowest BCUT2D eigenvalue weighted by molar-refractivity contribution is 0.0556. The number of hydrogen-bond acceptors (Lipinski definition) is 5. The second-order valence-electron chi connectivity index (χ2n) is 6.43. The predicted octanol–water partition coefficient (Wildman–Crippen LogP) is 2.68. The van der Waals surface area contributed by atoms with E-state index in [2.05, 4.69) is 0 Å². The standard InChI is InChI=1S/C20H16ClNO5S/c21-13-6-9-19(24)22(11-13)20-16-10-15(7-8-18(16)27-12-17(20)23)28(25,26)14-4-2-1-3-5-14/h1-11,17,20,23H,12H2/t17-,20-/m1/s1. The molecule has 0 aliphatic carbocycles. The monoisotopic (exact) mass is 417 g/mol. The maximum absolute atomic E-state index is 13.0. The van der Waals surface area contributed by atoms with Crippen molar-refractivity contribution in [2.45, 2.75) is 21.9 Å². The minimum Gasteiger partial charge on any atom is -0.490 e. The summed E-state index contributed by atoms with van der Waals surface area (Å²) in [5.41, 5.74) is 0.0396. The summed E-state index contributed by atoms with van der Waals surface area (Å²) in [6.45, 7) is -0.0264.